The Morgan fingerprint density at radius 3 is 0.855 bits per heavy atom. The number of hydrogen-bond acceptors (Lipinski definition) is 6. The minimum absolute atomic E-state index is 0.129. The molecule has 0 saturated heterocycles. The number of carbonyl (C=O) groups excluding carboxylic acids is 3. The van der Waals surface area contributed by atoms with Crippen molar-refractivity contribution in [3.8, 4) is 0 Å². The number of esters is 3. The Hall–Kier alpha value is -5.23. The smallest absolute Gasteiger partial charge is 0.306 e. The second kappa shape index (κ2) is 62.3. The summed E-state index contributed by atoms with van der Waals surface area (Å²) in [5.41, 5.74) is 0. The van der Waals surface area contributed by atoms with Crippen molar-refractivity contribution in [2.45, 2.75) is 239 Å². The van der Waals surface area contributed by atoms with Crippen molar-refractivity contribution >= 4 is 17.9 Å². The van der Waals surface area contributed by atoms with Crippen LogP contribution in [-0.2, 0) is 28.6 Å². The summed E-state index contributed by atoms with van der Waals surface area (Å²) < 4.78 is 16.8. The molecule has 1 atom stereocenters. The molecule has 0 aliphatic carbocycles. The average molecular weight is 1050 g/mol. The second-order valence-electron chi connectivity index (χ2n) is 19.1. The number of rotatable bonds is 52. The monoisotopic (exact) mass is 1040 g/mol. The van der Waals surface area contributed by atoms with Crippen molar-refractivity contribution in [1.82, 2.24) is 0 Å². The van der Waals surface area contributed by atoms with Gasteiger partial charge in [-0.05, 0) is 135 Å². The van der Waals surface area contributed by atoms with Gasteiger partial charge in [-0.1, -0.05) is 249 Å². The van der Waals surface area contributed by atoms with Crippen molar-refractivity contribution < 1.29 is 28.6 Å². The van der Waals surface area contributed by atoms with Crippen LogP contribution in [0.2, 0.25) is 0 Å². The molecule has 424 valence electrons. The maximum atomic E-state index is 12.9. The molecule has 0 heterocycles. The van der Waals surface area contributed by atoms with E-state index in [0.717, 1.165) is 154 Å². The lowest BCUT2D eigenvalue weighted by Gasteiger charge is -2.18. The number of ether oxygens (including phenoxy) is 3. The van der Waals surface area contributed by atoms with Gasteiger partial charge in [0.25, 0.3) is 0 Å². The van der Waals surface area contributed by atoms with Crippen molar-refractivity contribution in [3.05, 3.63) is 170 Å². The van der Waals surface area contributed by atoms with Crippen molar-refractivity contribution in [2.24, 2.45) is 0 Å². The van der Waals surface area contributed by atoms with E-state index in [9.17, 15) is 14.4 Å². The van der Waals surface area contributed by atoms with Gasteiger partial charge in [-0.15, -0.1) is 0 Å². The van der Waals surface area contributed by atoms with Gasteiger partial charge in [0, 0.05) is 19.3 Å². The molecule has 0 aromatic rings. The van der Waals surface area contributed by atoms with Crippen LogP contribution in [-0.4, -0.2) is 37.2 Å². The molecule has 1 unspecified atom stereocenters. The van der Waals surface area contributed by atoms with Gasteiger partial charge in [0.1, 0.15) is 13.2 Å². The molecule has 0 bridgehead atoms. The fraction of sp³-hybridized carbons (Fsp3) is 0.557. The lowest BCUT2D eigenvalue weighted by atomic mass is 10.1. The van der Waals surface area contributed by atoms with Gasteiger partial charge in [-0.2, -0.15) is 0 Å². The van der Waals surface area contributed by atoms with Crippen molar-refractivity contribution in [1.29, 1.82) is 0 Å². The second-order valence-corrected chi connectivity index (χ2v) is 19.1. The lowest BCUT2D eigenvalue weighted by molar-refractivity contribution is -0.166. The Morgan fingerprint density at radius 1 is 0.276 bits per heavy atom. The van der Waals surface area contributed by atoms with Gasteiger partial charge in [0.2, 0.25) is 0 Å². The van der Waals surface area contributed by atoms with Gasteiger partial charge in [0.05, 0.1) is 0 Å². The van der Waals surface area contributed by atoms with Crippen LogP contribution in [0.1, 0.15) is 233 Å². The first-order valence-electron chi connectivity index (χ1n) is 30.1. The maximum Gasteiger partial charge on any atom is 0.306 e. The minimum atomic E-state index is -0.841. The third kappa shape index (κ3) is 59.6. The largest absolute Gasteiger partial charge is 0.462 e. The van der Waals surface area contributed by atoms with Crippen LogP contribution in [0.5, 0.6) is 0 Å². The predicted octanol–water partition coefficient (Wildman–Crippen LogP) is 20.7. The third-order valence-corrected chi connectivity index (χ3v) is 11.9. The molecular formula is C70H108O6. The molecule has 0 fully saturated rings. The highest BCUT2D eigenvalue weighted by molar-refractivity contribution is 5.71. The number of hydrogen-bond donors (Lipinski definition) is 0. The van der Waals surface area contributed by atoms with E-state index in [1.165, 1.54) is 32.1 Å². The molecule has 0 aromatic carbocycles. The average Bonchev–Trinajstić information content (AvgIpc) is 3.42. The number of allylic oxidation sites excluding steroid dienone is 28. The zero-order valence-corrected chi connectivity index (χ0v) is 48.4. The quantitative estimate of drug-likeness (QED) is 0.0261. The molecule has 76 heavy (non-hydrogen) atoms. The van der Waals surface area contributed by atoms with Crippen LogP contribution in [0.3, 0.4) is 0 Å². The van der Waals surface area contributed by atoms with Crippen LogP contribution >= 0.6 is 0 Å². The van der Waals surface area contributed by atoms with E-state index in [1.807, 2.05) is 12.2 Å². The fourth-order valence-electron chi connectivity index (χ4n) is 7.49. The molecule has 0 aromatic heterocycles. The Balaban J connectivity index is 4.54. The Labute approximate surface area is 466 Å². The van der Waals surface area contributed by atoms with Crippen LogP contribution in [0.4, 0.5) is 0 Å². The summed E-state index contributed by atoms with van der Waals surface area (Å²) in [4.78, 5) is 38.2. The molecule has 6 heteroatoms. The predicted molar refractivity (Wildman–Crippen MR) is 329 cm³/mol. The number of unbranched alkanes of at least 4 members (excludes halogenated alkanes) is 13. The highest BCUT2D eigenvalue weighted by atomic mass is 16.6. The normalized spacial score (nSPS) is 13.4. The first kappa shape index (κ1) is 70.8. The summed E-state index contributed by atoms with van der Waals surface area (Å²) in [5, 5.41) is 0. The molecule has 0 rings (SSSR count). The van der Waals surface area contributed by atoms with Crippen molar-refractivity contribution in [2.75, 3.05) is 13.2 Å². The third-order valence-electron chi connectivity index (χ3n) is 11.9. The Bertz CT molecular complexity index is 1770. The summed E-state index contributed by atoms with van der Waals surface area (Å²) >= 11 is 0. The van der Waals surface area contributed by atoms with Crippen LogP contribution < -0.4 is 0 Å². The first-order valence-corrected chi connectivity index (χ1v) is 30.1. The summed E-state index contributed by atoms with van der Waals surface area (Å²) in [5.74, 6) is -1.05. The number of carbonyl (C=O) groups is 3. The highest BCUT2D eigenvalue weighted by Gasteiger charge is 2.19. The van der Waals surface area contributed by atoms with E-state index in [4.69, 9.17) is 14.2 Å². The van der Waals surface area contributed by atoms with E-state index in [-0.39, 0.29) is 31.6 Å². The molecule has 0 aliphatic heterocycles. The standard InChI is InChI=1S/C70H108O6/c1-4-7-10-13-16-19-22-25-28-30-32-33-34-35-36-37-39-40-42-45-48-51-54-57-60-63-69(72)75-66-67(65-74-68(71)62-59-56-53-50-47-44-27-24-21-18-15-12-9-6-3)76-70(73)64-61-58-55-52-49-46-43-41-38-31-29-26-23-20-17-14-11-8-5-2/h7-8,10-11,15-20,24-29,32-33,35-36,38-41,46,49,55,58,67H,4-6,9,12-14,21-23,30-31,34,37,42-45,47-48,50-54,56-57,59-66H2,1-3H3/b10-7-,11-8-,18-15-,19-16-,20-17-,27-24-,28-25-,29-26-,33-32-,36-35-,40-39-,41-38-,49-46-,58-55-. The van der Waals surface area contributed by atoms with Gasteiger partial charge in [-0.3, -0.25) is 14.4 Å². The molecule has 0 amide bonds. The summed E-state index contributed by atoms with van der Waals surface area (Å²) in [7, 11) is 0. The van der Waals surface area contributed by atoms with Crippen molar-refractivity contribution in [3.63, 3.8) is 0 Å². The zero-order chi connectivity index (χ0) is 55.0. The molecule has 0 radical (unpaired) electrons. The molecule has 0 N–H and O–H groups in total. The SMILES string of the molecule is CC/C=C\C/C=C\C/C=C\C/C=C\C/C=C\C/C=C\CCCCCCCCC(=O)OCC(COC(=O)CCCCCCC/C=C\C/C=C\CCCC)OC(=O)CC/C=C\C/C=C\C/C=C\C/C=C\C/C=C\C/C=C\CC. The van der Waals surface area contributed by atoms with E-state index in [0.29, 0.717) is 19.3 Å². The summed E-state index contributed by atoms with van der Waals surface area (Å²) in [6.07, 6.45) is 92.1. The fourth-order valence-corrected chi connectivity index (χ4v) is 7.49. The Morgan fingerprint density at radius 2 is 0.539 bits per heavy atom. The molecule has 0 aliphatic rings. The van der Waals surface area contributed by atoms with E-state index in [1.54, 1.807) is 0 Å². The van der Waals surface area contributed by atoms with Gasteiger partial charge < -0.3 is 14.2 Å². The topological polar surface area (TPSA) is 78.9 Å². The van der Waals surface area contributed by atoms with E-state index in [2.05, 4.69) is 179 Å². The van der Waals surface area contributed by atoms with Crippen LogP contribution in [0, 0.1) is 0 Å². The lowest BCUT2D eigenvalue weighted by Crippen LogP contribution is -2.30. The molecular weight excluding hydrogens is 937 g/mol. The zero-order valence-electron chi connectivity index (χ0n) is 48.4. The maximum absolute atomic E-state index is 12.9. The van der Waals surface area contributed by atoms with E-state index < -0.39 is 12.1 Å². The summed E-state index contributed by atoms with van der Waals surface area (Å²) in [6, 6.07) is 0. The minimum Gasteiger partial charge on any atom is -0.462 e. The van der Waals surface area contributed by atoms with Gasteiger partial charge >= 0.3 is 17.9 Å². The summed E-state index contributed by atoms with van der Waals surface area (Å²) in [6.45, 7) is 6.27. The Kier molecular flexibility index (Phi) is 58.0. The molecule has 0 saturated carbocycles. The molecule has 6 nitrogen and oxygen atoms in total. The van der Waals surface area contributed by atoms with Gasteiger partial charge in [0.15, 0.2) is 6.10 Å². The highest BCUT2D eigenvalue weighted by Crippen LogP contribution is 2.13. The van der Waals surface area contributed by atoms with Gasteiger partial charge in [-0.25, -0.2) is 0 Å². The molecule has 0 spiro atoms. The van der Waals surface area contributed by atoms with Crippen LogP contribution in [0.15, 0.2) is 170 Å². The van der Waals surface area contributed by atoms with Crippen LogP contribution in [0.25, 0.3) is 0 Å². The first-order chi connectivity index (χ1) is 37.5. The van der Waals surface area contributed by atoms with E-state index >= 15 is 0 Å².